The SMILES string of the molecule is CCCC(=N)N1CCN(CC)C(C)C1. The van der Waals surface area contributed by atoms with E-state index in [0.717, 1.165) is 44.9 Å². The summed E-state index contributed by atoms with van der Waals surface area (Å²) >= 11 is 0. The van der Waals surface area contributed by atoms with Gasteiger partial charge in [-0.15, -0.1) is 0 Å². The molecule has 0 aromatic heterocycles. The highest BCUT2D eigenvalue weighted by atomic mass is 15.3. The molecule has 1 N–H and O–H groups in total. The molecule has 1 atom stereocenters. The predicted octanol–water partition coefficient (Wildman–Crippen LogP) is 1.79. The molecule has 0 aromatic carbocycles. The number of piperazine rings is 1. The number of rotatable bonds is 3. The minimum Gasteiger partial charge on any atom is -0.358 e. The highest BCUT2D eigenvalue weighted by Gasteiger charge is 2.23. The van der Waals surface area contributed by atoms with E-state index in [2.05, 4.69) is 30.6 Å². The Morgan fingerprint density at radius 2 is 2.07 bits per heavy atom. The van der Waals surface area contributed by atoms with Crippen LogP contribution in [0.4, 0.5) is 0 Å². The van der Waals surface area contributed by atoms with E-state index >= 15 is 0 Å². The number of nitrogens with zero attached hydrogens (tertiary/aromatic N) is 2. The van der Waals surface area contributed by atoms with Gasteiger partial charge in [0.1, 0.15) is 0 Å². The van der Waals surface area contributed by atoms with Gasteiger partial charge < -0.3 is 4.90 Å². The lowest BCUT2D eigenvalue weighted by Gasteiger charge is -2.40. The standard InChI is InChI=1S/C11H23N3/c1-4-6-11(12)14-8-7-13(5-2)10(3)9-14/h10,12H,4-9H2,1-3H3. The van der Waals surface area contributed by atoms with Crippen molar-refractivity contribution in [2.75, 3.05) is 26.2 Å². The lowest BCUT2D eigenvalue weighted by molar-refractivity contribution is 0.128. The second-order valence-corrected chi connectivity index (χ2v) is 4.12. The molecule has 0 amide bonds. The van der Waals surface area contributed by atoms with E-state index in [9.17, 15) is 0 Å². The lowest BCUT2D eigenvalue weighted by atomic mass is 10.1. The average molecular weight is 197 g/mol. The predicted molar refractivity (Wildman–Crippen MR) is 60.9 cm³/mol. The lowest BCUT2D eigenvalue weighted by Crippen LogP contribution is -2.53. The van der Waals surface area contributed by atoms with Crippen LogP contribution in [-0.4, -0.2) is 47.9 Å². The minimum atomic E-state index is 0.603. The number of hydrogen-bond donors (Lipinski definition) is 1. The molecule has 0 spiro atoms. The van der Waals surface area contributed by atoms with Gasteiger partial charge in [0, 0.05) is 32.1 Å². The van der Waals surface area contributed by atoms with Gasteiger partial charge in [-0.1, -0.05) is 13.8 Å². The summed E-state index contributed by atoms with van der Waals surface area (Å²) in [6.07, 6.45) is 2.01. The zero-order chi connectivity index (χ0) is 10.6. The first kappa shape index (κ1) is 11.5. The van der Waals surface area contributed by atoms with E-state index in [1.807, 2.05) is 0 Å². The summed E-state index contributed by atoms with van der Waals surface area (Å²) in [7, 11) is 0. The van der Waals surface area contributed by atoms with Crippen molar-refractivity contribution >= 4 is 5.84 Å². The maximum absolute atomic E-state index is 7.90. The van der Waals surface area contributed by atoms with Crippen LogP contribution in [0.2, 0.25) is 0 Å². The second kappa shape index (κ2) is 5.35. The molecule has 1 fully saturated rings. The molecule has 0 radical (unpaired) electrons. The topological polar surface area (TPSA) is 30.3 Å². The molecule has 0 bridgehead atoms. The Morgan fingerprint density at radius 3 is 2.57 bits per heavy atom. The van der Waals surface area contributed by atoms with Crippen molar-refractivity contribution in [3.05, 3.63) is 0 Å². The number of nitrogens with one attached hydrogen (secondary N) is 1. The molecule has 1 heterocycles. The van der Waals surface area contributed by atoms with Crippen molar-refractivity contribution in [3.63, 3.8) is 0 Å². The highest BCUT2D eigenvalue weighted by Crippen LogP contribution is 2.10. The zero-order valence-corrected chi connectivity index (χ0v) is 9.71. The molecule has 0 aromatic rings. The van der Waals surface area contributed by atoms with Crippen LogP contribution in [0.15, 0.2) is 0 Å². The molecule has 0 saturated carbocycles. The van der Waals surface area contributed by atoms with Gasteiger partial charge in [0.05, 0.1) is 5.84 Å². The summed E-state index contributed by atoms with van der Waals surface area (Å²) in [5.41, 5.74) is 0. The van der Waals surface area contributed by atoms with Crippen molar-refractivity contribution in [2.24, 2.45) is 0 Å². The van der Waals surface area contributed by atoms with E-state index in [1.54, 1.807) is 0 Å². The molecule has 1 aliphatic heterocycles. The summed E-state index contributed by atoms with van der Waals surface area (Å²) in [6.45, 7) is 10.9. The molecular weight excluding hydrogens is 174 g/mol. The smallest absolute Gasteiger partial charge is 0.0958 e. The van der Waals surface area contributed by atoms with Gasteiger partial charge in [0.15, 0.2) is 0 Å². The third-order valence-electron chi connectivity index (χ3n) is 3.04. The van der Waals surface area contributed by atoms with Crippen LogP contribution < -0.4 is 0 Å². The largest absolute Gasteiger partial charge is 0.358 e. The van der Waals surface area contributed by atoms with Crippen molar-refractivity contribution in [1.82, 2.24) is 9.80 Å². The van der Waals surface area contributed by atoms with Crippen LogP contribution in [0.1, 0.15) is 33.6 Å². The quantitative estimate of drug-likeness (QED) is 0.552. The first-order valence-corrected chi connectivity index (χ1v) is 5.75. The third kappa shape index (κ3) is 2.71. The van der Waals surface area contributed by atoms with Crippen LogP contribution in [0.3, 0.4) is 0 Å². The van der Waals surface area contributed by atoms with E-state index in [1.165, 1.54) is 0 Å². The molecule has 1 aliphatic rings. The van der Waals surface area contributed by atoms with Gasteiger partial charge in [-0.25, -0.2) is 0 Å². The average Bonchev–Trinajstić information content (AvgIpc) is 2.18. The van der Waals surface area contributed by atoms with Crippen molar-refractivity contribution < 1.29 is 0 Å². The molecule has 0 aliphatic carbocycles. The van der Waals surface area contributed by atoms with Gasteiger partial charge in [-0.05, 0) is 19.9 Å². The van der Waals surface area contributed by atoms with E-state index in [0.29, 0.717) is 6.04 Å². The molecule has 1 unspecified atom stereocenters. The van der Waals surface area contributed by atoms with Crippen molar-refractivity contribution in [3.8, 4) is 0 Å². The number of hydrogen-bond acceptors (Lipinski definition) is 2. The Balaban J connectivity index is 2.41. The Labute approximate surface area is 87.6 Å². The van der Waals surface area contributed by atoms with Crippen molar-refractivity contribution in [1.29, 1.82) is 5.41 Å². The molecule has 82 valence electrons. The monoisotopic (exact) mass is 197 g/mol. The summed E-state index contributed by atoms with van der Waals surface area (Å²) in [5.74, 6) is 0.829. The fourth-order valence-electron chi connectivity index (χ4n) is 2.11. The number of amidine groups is 1. The molecule has 3 nitrogen and oxygen atoms in total. The second-order valence-electron chi connectivity index (χ2n) is 4.12. The van der Waals surface area contributed by atoms with Gasteiger partial charge in [-0.2, -0.15) is 0 Å². The Kier molecular flexibility index (Phi) is 4.39. The fraction of sp³-hybridized carbons (Fsp3) is 0.909. The van der Waals surface area contributed by atoms with E-state index in [4.69, 9.17) is 5.41 Å². The molecule has 3 heteroatoms. The number of likely N-dealkylation sites (N-methyl/N-ethyl adjacent to an activating group) is 1. The highest BCUT2D eigenvalue weighted by molar-refractivity contribution is 5.79. The van der Waals surface area contributed by atoms with Crippen LogP contribution in [0.5, 0.6) is 0 Å². The van der Waals surface area contributed by atoms with Gasteiger partial charge in [-0.3, -0.25) is 10.3 Å². The van der Waals surface area contributed by atoms with Gasteiger partial charge >= 0.3 is 0 Å². The fourth-order valence-corrected chi connectivity index (χ4v) is 2.11. The zero-order valence-electron chi connectivity index (χ0n) is 9.71. The van der Waals surface area contributed by atoms with E-state index < -0.39 is 0 Å². The Morgan fingerprint density at radius 1 is 1.36 bits per heavy atom. The molecular formula is C11H23N3. The maximum atomic E-state index is 7.90. The third-order valence-corrected chi connectivity index (χ3v) is 3.04. The van der Waals surface area contributed by atoms with Gasteiger partial charge in [0.25, 0.3) is 0 Å². The maximum Gasteiger partial charge on any atom is 0.0958 e. The van der Waals surface area contributed by atoms with Crippen LogP contribution in [-0.2, 0) is 0 Å². The normalized spacial score (nSPS) is 23.9. The Bertz CT molecular complexity index is 191. The van der Waals surface area contributed by atoms with Crippen LogP contribution in [0.25, 0.3) is 0 Å². The summed E-state index contributed by atoms with van der Waals surface area (Å²) in [4.78, 5) is 4.72. The molecule has 14 heavy (non-hydrogen) atoms. The molecule has 1 saturated heterocycles. The Hall–Kier alpha value is -0.570. The first-order valence-electron chi connectivity index (χ1n) is 5.75. The van der Waals surface area contributed by atoms with Gasteiger partial charge in [0.2, 0.25) is 0 Å². The summed E-state index contributed by atoms with van der Waals surface area (Å²) in [5, 5.41) is 7.90. The summed E-state index contributed by atoms with van der Waals surface area (Å²) in [6, 6.07) is 0.603. The van der Waals surface area contributed by atoms with Crippen LogP contribution >= 0.6 is 0 Å². The first-order chi connectivity index (χ1) is 6.69. The summed E-state index contributed by atoms with van der Waals surface area (Å²) < 4.78 is 0. The van der Waals surface area contributed by atoms with Crippen LogP contribution in [0, 0.1) is 5.41 Å². The van der Waals surface area contributed by atoms with Crippen molar-refractivity contribution in [2.45, 2.75) is 39.7 Å². The minimum absolute atomic E-state index is 0.603. The molecule has 1 rings (SSSR count). The van der Waals surface area contributed by atoms with E-state index in [-0.39, 0.29) is 0 Å².